The third kappa shape index (κ3) is 9.24. The van der Waals surface area contributed by atoms with Crippen molar-refractivity contribution in [1.29, 1.82) is 0 Å². The highest BCUT2D eigenvalue weighted by atomic mass is 16.5. The second-order valence-corrected chi connectivity index (χ2v) is 6.97. The van der Waals surface area contributed by atoms with Crippen molar-refractivity contribution >= 4 is 23.5 Å². The minimum atomic E-state index is -1.82. The van der Waals surface area contributed by atoms with Crippen molar-refractivity contribution < 1.29 is 29.3 Å². The van der Waals surface area contributed by atoms with Crippen LogP contribution in [-0.4, -0.2) is 59.7 Å². The van der Waals surface area contributed by atoms with Crippen LogP contribution in [0.25, 0.3) is 11.1 Å². The maximum absolute atomic E-state index is 12.4. The number of carbonyl (C=O) groups excluding carboxylic acids is 1. The van der Waals surface area contributed by atoms with Crippen LogP contribution in [0.1, 0.15) is 0 Å². The normalized spacial score (nSPS) is 10.0. The Hall–Kier alpha value is -4.17. The molecule has 33 heavy (non-hydrogen) atoms. The molecule has 3 N–H and O–H groups in total. The van der Waals surface area contributed by atoms with Gasteiger partial charge in [0.05, 0.1) is 6.54 Å². The van der Waals surface area contributed by atoms with Crippen LogP contribution < -0.4 is 10.1 Å². The molecule has 0 heterocycles. The van der Waals surface area contributed by atoms with Gasteiger partial charge in [-0.15, -0.1) is 0 Å². The van der Waals surface area contributed by atoms with Gasteiger partial charge in [0, 0.05) is 17.8 Å². The highest BCUT2D eigenvalue weighted by Gasteiger charge is 2.10. The molecule has 0 atom stereocenters. The van der Waals surface area contributed by atoms with Crippen molar-refractivity contribution in [3.05, 3.63) is 84.9 Å². The van der Waals surface area contributed by atoms with E-state index in [1.54, 1.807) is 0 Å². The van der Waals surface area contributed by atoms with E-state index >= 15 is 0 Å². The number of para-hydroxylation sites is 2. The van der Waals surface area contributed by atoms with Gasteiger partial charge in [0.15, 0.2) is 0 Å². The monoisotopic (exact) mass is 450 g/mol. The van der Waals surface area contributed by atoms with Crippen LogP contribution in [0.4, 0.5) is 5.69 Å². The summed E-state index contributed by atoms with van der Waals surface area (Å²) in [6.45, 7) is 1.51. The molecule has 3 aromatic carbocycles. The number of nitrogens with zero attached hydrogens (tertiary/aromatic N) is 1. The van der Waals surface area contributed by atoms with Gasteiger partial charge in [-0.2, -0.15) is 0 Å². The van der Waals surface area contributed by atoms with Crippen molar-refractivity contribution in [2.24, 2.45) is 0 Å². The lowest BCUT2D eigenvalue weighted by atomic mass is 10.0. The van der Waals surface area contributed by atoms with Gasteiger partial charge in [-0.1, -0.05) is 66.7 Å². The van der Waals surface area contributed by atoms with E-state index in [4.69, 9.17) is 24.5 Å². The molecule has 0 aliphatic carbocycles. The Kier molecular flexibility index (Phi) is 10.1. The summed E-state index contributed by atoms with van der Waals surface area (Å²) in [5.41, 5.74) is 2.92. The van der Waals surface area contributed by atoms with Crippen molar-refractivity contribution in [3.8, 4) is 16.9 Å². The Labute approximate surface area is 192 Å². The van der Waals surface area contributed by atoms with Crippen molar-refractivity contribution in [2.45, 2.75) is 0 Å². The largest absolute Gasteiger partial charge is 0.492 e. The number of carboxylic acid groups (broad SMARTS) is 2. The first-order chi connectivity index (χ1) is 15.9. The lowest BCUT2D eigenvalue weighted by Crippen LogP contribution is -2.33. The Morgan fingerprint density at radius 1 is 0.818 bits per heavy atom. The molecule has 0 radical (unpaired) electrons. The van der Waals surface area contributed by atoms with E-state index in [9.17, 15) is 4.79 Å². The van der Waals surface area contributed by atoms with E-state index in [-0.39, 0.29) is 5.91 Å². The summed E-state index contributed by atoms with van der Waals surface area (Å²) < 4.78 is 5.68. The van der Waals surface area contributed by atoms with E-state index < -0.39 is 11.9 Å². The highest BCUT2D eigenvalue weighted by molar-refractivity contribution is 6.27. The molecule has 0 saturated heterocycles. The number of benzene rings is 3. The number of amides is 1. The van der Waals surface area contributed by atoms with E-state index in [2.05, 4.69) is 5.32 Å². The number of rotatable bonds is 8. The fourth-order valence-corrected chi connectivity index (χ4v) is 2.81. The molecule has 0 aliphatic rings. The molecule has 0 saturated carbocycles. The minimum Gasteiger partial charge on any atom is -0.492 e. The molecule has 0 aliphatic heterocycles. The first-order valence-corrected chi connectivity index (χ1v) is 10.1. The number of hydrogen-bond acceptors (Lipinski definition) is 5. The molecule has 0 bridgehead atoms. The van der Waals surface area contributed by atoms with Gasteiger partial charge in [-0.05, 0) is 30.8 Å². The number of hydrogen-bond donors (Lipinski definition) is 3. The predicted molar refractivity (Wildman–Crippen MR) is 125 cm³/mol. The predicted octanol–water partition coefficient (Wildman–Crippen LogP) is 3.46. The van der Waals surface area contributed by atoms with Crippen molar-refractivity contribution in [2.75, 3.05) is 32.1 Å². The molecular weight excluding hydrogens is 424 g/mol. The molecule has 3 aromatic rings. The Balaban J connectivity index is 0.000000569. The standard InChI is InChI=1S/C23H24N2O2.C2H2O4/c1-25(16-17-27-20-12-6-3-7-13-20)18-23(26)24-22-15-9-8-14-21(22)19-10-4-2-5-11-19;3-1(4)2(5)6/h2-15H,16-18H2,1H3,(H,24,26);(H,3,4)(H,5,6). The number of nitrogens with one attached hydrogen (secondary N) is 1. The number of carboxylic acids is 2. The molecule has 1 amide bonds. The SMILES string of the molecule is CN(CCOc1ccccc1)CC(=O)Nc1ccccc1-c1ccccc1.O=C(O)C(=O)O. The molecule has 0 unspecified atom stereocenters. The van der Waals surface area contributed by atoms with Crippen molar-refractivity contribution in [1.82, 2.24) is 4.90 Å². The Bertz CT molecular complexity index is 1030. The summed E-state index contributed by atoms with van der Waals surface area (Å²) in [7, 11) is 1.91. The van der Waals surface area contributed by atoms with Gasteiger partial charge in [-0.3, -0.25) is 9.69 Å². The van der Waals surface area contributed by atoms with E-state index in [0.29, 0.717) is 19.7 Å². The zero-order valence-electron chi connectivity index (χ0n) is 18.2. The maximum Gasteiger partial charge on any atom is 0.414 e. The lowest BCUT2D eigenvalue weighted by Gasteiger charge is -2.17. The van der Waals surface area contributed by atoms with Gasteiger partial charge < -0.3 is 20.3 Å². The molecule has 0 fully saturated rings. The molecule has 0 spiro atoms. The molecular formula is C25H26N2O6. The van der Waals surface area contributed by atoms with Gasteiger partial charge in [0.1, 0.15) is 12.4 Å². The zero-order valence-corrected chi connectivity index (χ0v) is 18.2. The molecule has 8 nitrogen and oxygen atoms in total. The number of aliphatic carboxylic acids is 2. The summed E-state index contributed by atoms with van der Waals surface area (Å²) in [6.07, 6.45) is 0. The van der Waals surface area contributed by atoms with Gasteiger partial charge >= 0.3 is 11.9 Å². The molecule has 0 aromatic heterocycles. The lowest BCUT2D eigenvalue weighted by molar-refractivity contribution is -0.159. The average Bonchev–Trinajstić information content (AvgIpc) is 2.81. The number of ether oxygens (including phenoxy) is 1. The smallest absolute Gasteiger partial charge is 0.414 e. The second kappa shape index (κ2) is 13.3. The average molecular weight is 450 g/mol. The summed E-state index contributed by atoms with van der Waals surface area (Å²) in [5.74, 6) is -2.85. The van der Waals surface area contributed by atoms with Gasteiger partial charge in [-0.25, -0.2) is 9.59 Å². The first-order valence-electron chi connectivity index (χ1n) is 10.1. The summed E-state index contributed by atoms with van der Waals surface area (Å²) in [6, 6.07) is 27.6. The summed E-state index contributed by atoms with van der Waals surface area (Å²) >= 11 is 0. The second-order valence-electron chi connectivity index (χ2n) is 6.97. The quantitative estimate of drug-likeness (QED) is 0.450. The number of carbonyl (C=O) groups is 3. The van der Waals surface area contributed by atoms with Gasteiger partial charge in [0.25, 0.3) is 0 Å². The first kappa shape index (κ1) is 25.1. The highest BCUT2D eigenvalue weighted by Crippen LogP contribution is 2.27. The van der Waals surface area contributed by atoms with E-state index in [1.807, 2.05) is 96.9 Å². The third-order valence-electron chi connectivity index (χ3n) is 4.37. The van der Waals surface area contributed by atoms with Crippen LogP contribution in [0.2, 0.25) is 0 Å². The number of anilines is 1. The molecule has 172 valence electrons. The van der Waals surface area contributed by atoms with E-state index in [0.717, 1.165) is 22.6 Å². The van der Waals surface area contributed by atoms with Crippen LogP contribution in [-0.2, 0) is 14.4 Å². The van der Waals surface area contributed by atoms with Crippen LogP contribution >= 0.6 is 0 Å². The van der Waals surface area contributed by atoms with Gasteiger partial charge in [0.2, 0.25) is 5.91 Å². The fraction of sp³-hybridized carbons (Fsp3) is 0.160. The topological polar surface area (TPSA) is 116 Å². The molecule has 3 rings (SSSR count). The maximum atomic E-state index is 12.4. The number of likely N-dealkylation sites (N-methyl/N-ethyl adjacent to an activating group) is 1. The Morgan fingerprint density at radius 3 is 1.97 bits per heavy atom. The molecule has 8 heteroatoms. The van der Waals surface area contributed by atoms with Crippen molar-refractivity contribution in [3.63, 3.8) is 0 Å². The third-order valence-corrected chi connectivity index (χ3v) is 4.37. The van der Waals surface area contributed by atoms with E-state index in [1.165, 1.54) is 0 Å². The summed E-state index contributed by atoms with van der Waals surface area (Å²) in [5, 5.41) is 17.8. The minimum absolute atomic E-state index is 0.0411. The Morgan fingerprint density at radius 2 is 1.36 bits per heavy atom. The summed E-state index contributed by atoms with van der Waals surface area (Å²) in [4.78, 5) is 32.6. The van der Waals surface area contributed by atoms with Crippen LogP contribution in [0.15, 0.2) is 84.9 Å². The van der Waals surface area contributed by atoms with Crippen LogP contribution in [0, 0.1) is 0 Å². The van der Waals surface area contributed by atoms with Crippen LogP contribution in [0.3, 0.4) is 0 Å². The fourth-order valence-electron chi connectivity index (χ4n) is 2.81. The van der Waals surface area contributed by atoms with Crippen LogP contribution in [0.5, 0.6) is 5.75 Å². The zero-order chi connectivity index (χ0) is 24.1.